The van der Waals surface area contributed by atoms with Gasteiger partial charge in [0.25, 0.3) is 0 Å². The summed E-state index contributed by atoms with van der Waals surface area (Å²) in [6, 6.07) is 0. The second kappa shape index (κ2) is 54.9. The van der Waals surface area contributed by atoms with Crippen molar-refractivity contribution in [2.24, 2.45) is 0 Å². The minimum absolute atomic E-state index is 0.126. The molecule has 0 aromatic heterocycles. The molecule has 0 aromatic carbocycles. The van der Waals surface area contributed by atoms with E-state index in [-0.39, 0.29) is 37.5 Å². The van der Waals surface area contributed by atoms with Crippen LogP contribution in [0.1, 0.15) is 207 Å². The number of carbonyl (C=O) groups excluding carboxylic acids is 3. The van der Waals surface area contributed by atoms with E-state index in [0.29, 0.717) is 19.3 Å². The van der Waals surface area contributed by atoms with Crippen LogP contribution in [-0.2, 0) is 28.6 Å². The zero-order valence-electron chi connectivity index (χ0n) is 43.3. The molecule has 0 saturated heterocycles. The van der Waals surface area contributed by atoms with Crippen LogP contribution < -0.4 is 0 Å². The molecule has 0 aromatic rings. The molecule has 380 valence electrons. The second-order valence-corrected chi connectivity index (χ2v) is 17.2. The van der Waals surface area contributed by atoms with Gasteiger partial charge in [0.05, 0.1) is 0 Å². The molecule has 1 unspecified atom stereocenters. The number of ether oxygens (including phenoxy) is 3. The van der Waals surface area contributed by atoms with Crippen LogP contribution in [0.2, 0.25) is 0 Å². The first kappa shape index (κ1) is 63.3. The van der Waals surface area contributed by atoms with E-state index >= 15 is 0 Å². The normalized spacial score (nSPS) is 13.3. The third kappa shape index (κ3) is 52.3. The summed E-state index contributed by atoms with van der Waals surface area (Å²) in [6.07, 6.45) is 78.2. The summed E-state index contributed by atoms with van der Waals surface area (Å²) < 4.78 is 16.7. The molecule has 0 aliphatic carbocycles. The predicted octanol–water partition coefficient (Wildman–Crippen LogP) is 18.0. The Morgan fingerprint density at radius 3 is 1.07 bits per heavy atom. The first-order valence-corrected chi connectivity index (χ1v) is 26.9. The third-order valence-electron chi connectivity index (χ3n) is 10.7. The lowest BCUT2D eigenvalue weighted by atomic mass is 10.1. The molecule has 0 spiro atoms. The lowest BCUT2D eigenvalue weighted by Crippen LogP contribution is -2.30. The van der Waals surface area contributed by atoms with Gasteiger partial charge >= 0.3 is 17.9 Å². The molecule has 68 heavy (non-hydrogen) atoms. The van der Waals surface area contributed by atoms with Gasteiger partial charge in [0.2, 0.25) is 0 Å². The highest BCUT2D eigenvalue weighted by Gasteiger charge is 2.19. The molecule has 0 heterocycles. The Hall–Kier alpha value is -4.71. The summed E-state index contributed by atoms with van der Waals surface area (Å²) in [7, 11) is 0. The van der Waals surface area contributed by atoms with Crippen LogP contribution in [-0.4, -0.2) is 37.2 Å². The van der Waals surface area contributed by atoms with E-state index in [0.717, 1.165) is 116 Å². The van der Waals surface area contributed by atoms with Crippen molar-refractivity contribution >= 4 is 17.9 Å². The van der Waals surface area contributed by atoms with Crippen molar-refractivity contribution in [3.8, 4) is 0 Å². The van der Waals surface area contributed by atoms with Crippen LogP contribution in [0, 0.1) is 0 Å². The highest BCUT2D eigenvalue weighted by atomic mass is 16.6. The van der Waals surface area contributed by atoms with Crippen LogP contribution in [0.3, 0.4) is 0 Å². The number of hydrogen-bond donors (Lipinski definition) is 0. The van der Waals surface area contributed by atoms with E-state index in [1.165, 1.54) is 44.9 Å². The molecule has 0 fully saturated rings. The first-order valence-electron chi connectivity index (χ1n) is 26.9. The lowest BCUT2D eigenvalue weighted by Gasteiger charge is -2.18. The number of rotatable bonds is 46. The van der Waals surface area contributed by atoms with Gasteiger partial charge in [-0.25, -0.2) is 0 Å². The zero-order valence-corrected chi connectivity index (χ0v) is 43.3. The van der Waals surface area contributed by atoms with Crippen molar-refractivity contribution in [3.63, 3.8) is 0 Å². The molecule has 0 N–H and O–H groups in total. The SMILES string of the molecule is CC\C=C/C=C\C=C/C=C\CCCCCCCC(=O)OCC(COC(=O)CCCCCCC\C=C/C=C\C=C/C=C\CCCCC)OC(=O)CCC/C=C\C/C=C\C/C=C\C/C=C\CCCCC. The Morgan fingerprint density at radius 1 is 0.324 bits per heavy atom. The molecule has 0 saturated carbocycles. The van der Waals surface area contributed by atoms with Crippen LogP contribution >= 0.6 is 0 Å². The van der Waals surface area contributed by atoms with E-state index in [2.05, 4.69) is 142 Å². The van der Waals surface area contributed by atoms with E-state index < -0.39 is 6.10 Å². The summed E-state index contributed by atoms with van der Waals surface area (Å²) in [5.74, 6) is -1.04. The fourth-order valence-electron chi connectivity index (χ4n) is 6.69. The predicted molar refractivity (Wildman–Crippen MR) is 292 cm³/mol. The molecular formula is C62H96O6. The molecule has 0 amide bonds. The van der Waals surface area contributed by atoms with Gasteiger partial charge in [-0.15, -0.1) is 0 Å². The van der Waals surface area contributed by atoms with Crippen molar-refractivity contribution in [2.75, 3.05) is 13.2 Å². The topological polar surface area (TPSA) is 78.9 Å². The minimum Gasteiger partial charge on any atom is -0.462 e. The Balaban J connectivity index is 4.60. The van der Waals surface area contributed by atoms with Crippen LogP contribution in [0.25, 0.3) is 0 Å². The fourth-order valence-corrected chi connectivity index (χ4v) is 6.69. The van der Waals surface area contributed by atoms with Gasteiger partial charge in [-0.2, -0.15) is 0 Å². The number of allylic oxidation sites excluding steroid dienone is 24. The lowest BCUT2D eigenvalue weighted by molar-refractivity contribution is -0.167. The molecule has 1 atom stereocenters. The van der Waals surface area contributed by atoms with Gasteiger partial charge < -0.3 is 14.2 Å². The number of esters is 3. The summed E-state index contributed by atoms with van der Waals surface area (Å²) in [5, 5.41) is 0. The van der Waals surface area contributed by atoms with Crippen molar-refractivity contribution in [3.05, 3.63) is 146 Å². The Morgan fingerprint density at radius 2 is 0.647 bits per heavy atom. The smallest absolute Gasteiger partial charge is 0.306 e. The molecular weight excluding hydrogens is 841 g/mol. The van der Waals surface area contributed by atoms with E-state index in [9.17, 15) is 14.4 Å². The molecule has 6 heteroatoms. The average Bonchev–Trinajstić information content (AvgIpc) is 3.34. The van der Waals surface area contributed by atoms with Crippen LogP contribution in [0.4, 0.5) is 0 Å². The second-order valence-electron chi connectivity index (χ2n) is 17.2. The highest BCUT2D eigenvalue weighted by molar-refractivity contribution is 5.71. The quantitative estimate of drug-likeness (QED) is 0.0199. The van der Waals surface area contributed by atoms with Crippen molar-refractivity contribution in [2.45, 2.75) is 213 Å². The monoisotopic (exact) mass is 937 g/mol. The van der Waals surface area contributed by atoms with Crippen molar-refractivity contribution in [1.29, 1.82) is 0 Å². The summed E-state index contributed by atoms with van der Waals surface area (Å²) in [5.41, 5.74) is 0. The summed E-state index contributed by atoms with van der Waals surface area (Å²) in [4.78, 5) is 38.1. The number of unbranched alkanes of at least 4 members (excludes halogenated alkanes) is 17. The molecule has 0 rings (SSSR count). The average molecular weight is 937 g/mol. The van der Waals surface area contributed by atoms with Gasteiger partial charge in [0, 0.05) is 19.3 Å². The molecule has 0 radical (unpaired) electrons. The maximum absolute atomic E-state index is 12.8. The molecule has 0 aliphatic rings. The number of carbonyl (C=O) groups is 3. The van der Waals surface area contributed by atoms with E-state index in [1.807, 2.05) is 24.3 Å². The van der Waals surface area contributed by atoms with Gasteiger partial charge in [0.15, 0.2) is 6.10 Å². The zero-order chi connectivity index (χ0) is 49.3. The highest BCUT2D eigenvalue weighted by Crippen LogP contribution is 2.12. The van der Waals surface area contributed by atoms with Gasteiger partial charge in [0.1, 0.15) is 13.2 Å². The van der Waals surface area contributed by atoms with E-state index in [1.54, 1.807) is 0 Å². The van der Waals surface area contributed by atoms with E-state index in [4.69, 9.17) is 14.2 Å². The van der Waals surface area contributed by atoms with Gasteiger partial charge in [-0.05, 0) is 103 Å². The Bertz CT molecular complexity index is 1540. The molecule has 6 nitrogen and oxygen atoms in total. The van der Waals surface area contributed by atoms with Crippen molar-refractivity contribution < 1.29 is 28.6 Å². The number of hydrogen-bond acceptors (Lipinski definition) is 6. The molecule has 0 aliphatic heterocycles. The fraction of sp³-hybridized carbons (Fsp3) is 0.565. The summed E-state index contributed by atoms with van der Waals surface area (Å²) >= 11 is 0. The van der Waals surface area contributed by atoms with Crippen LogP contribution in [0.5, 0.6) is 0 Å². The van der Waals surface area contributed by atoms with Gasteiger partial charge in [-0.1, -0.05) is 231 Å². The maximum atomic E-state index is 12.8. The Labute approximate surface area is 417 Å². The first-order chi connectivity index (χ1) is 33.5. The van der Waals surface area contributed by atoms with Gasteiger partial charge in [-0.3, -0.25) is 14.4 Å². The largest absolute Gasteiger partial charge is 0.462 e. The third-order valence-corrected chi connectivity index (χ3v) is 10.7. The van der Waals surface area contributed by atoms with Crippen LogP contribution in [0.15, 0.2) is 146 Å². The Kier molecular flexibility index (Phi) is 51.1. The summed E-state index contributed by atoms with van der Waals surface area (Å²) in [6.45, 7) is 6.32. The minimum atomic E-state index is -0.833. The standard InChI is InChI=1S/C62H96O6/c1-4-7-10-13-16-19-22-25-28-30-32-34-37-40-43-46-49-52-55-61(64)67-58-59(57-66-60(63)54-51-48-45-42-39-36-33-27-24-21-18-15-12-9-6-3)68-62(65)56-53-50-47-44-41-38-35-31-29-26-23-20-17-14-11-8-5-2/h9,12,15-22,24-30,32-35,38,44,47,59H,4-8,10-11,13-14,23,31,36-37,39-43,45-46,48-58H2,1-3H3/b12-9-,18-15-,19-16-,20-17-,24-21-,25-22-,29-26-,30-28-,33-27-,34-32-,38-35-,47-44-. The van der Waals surface area contributed by atoms with Crippen molar-refractivity contribution in [1.82, 2.24) is 0 Å². The maximum Gasteiger partial charge on any atom is 0.306 e. The molecule has 0 bridgehead atoms.